The summed E-state index contributed by atoms with van der Waals surface area (Å²) >= 11 is 0. The fourth-order valence-corrected chi connectivity index (χ4v) is 2.61. The molecule has 6 nitrogen and oxygen atoms in total. The number of aromatic nitrogens is 5. The molecule has 0 radical (unpaired) electrons. The molecule has 2 rings (SSSR count). The highest BCUT2D eigenvalue weighted by Gasteiger charge is 2.16. The smallest absolute Gasteiger partial charge is 0.104 e. The van der Waals surface area contributed by atoms with E-state index < -0.39 is 0 Å². The second kappa shape index (κ2) is 7.36. The summed E-state index contributed by atoms with van der Waals surface area (Å²) in [7, 11) is 1.89. The van der Waals surface area contributed by atoms with E-state index in [9.17, 15) is 0 Å². The van der Waals surface area contributed by atoms with Gasteiger partial charge in [-0.05, 0) is 25.8 Å². The molecular formula is C15H26N6. The number of hydrogen-bond acceptors (Lipinski definition) is 4. The maximum atomic E-state index is 4.78. The van der Waals surface area contributed by atoms with Gasteiger partial charge >= 0.3 is 0 Å². The zero-order valence-corrected chi connectivity index (χ0v) is 13.6. The lowest BCUT2D eigenvalue weighted by Crippen LogP contribution is -2.16. The largest absolute Gasteiger partial charge is 0.313 e. The second-order valence-corrected chi connectivity index (χ2v) is 5.30. The van der Waals surface area contributed by atoms with Crippen LogP contribution in [-0.2, 0) is 33.0 Å². The van der Waals surface area contributed by atoms with Crippen molar-refractivity contribution >= 4 is 0 Å². The molecule has 2 heterocycles. The van der Waals surface area contributed by atoms with Gasteiger partial charge in [0.25, 0.3) is 0 Å². The molecule has 0 aliphatic rings. The number of aryl methyl sites for hydroxylation is 2. The van der Waals surface area contributed by atoms with Crippen LogP contribution in [0.25, 0.3) is 0 Å². The zero-order valence-electron chi connectivity index (χ0n) is 13.6. The van der Waals surface area contributed by atoms with Crippen LogP contribution in [0.2, 0.25) is 0 Å². The first-order valence-corrected chi connectivity index (χ1v) is 7.82. The minimum Gasteiger partial charge on any atom is -0.313 e. The second-order valence-electron chi connectivity index (χ2n) is 5.30. The number of rotatable bonds is 8. The Labute approximate surface area is 126 Å². The van der Waals surface area contributed by atoms with Gasteiger partial charge in [0, 0.05) is 31.0 Å². The Morgan fingerprint density at radius 1 is 1.19 bits per heavy atom. The number of hydrogen-bond donors (Lipinski definition) is 1. The molecule has 0 spiro atoms. The third kappa shape index (κ3) is 3.69. The van der Waals surface area contributed by atoms with Gasteiger partial charge in [0.15, 0.2) is 0 Å². The summed E-state index contributed by atoms with van der Waals surface area (Å²) in [6, 6.07) is 0. The molecule has 21 heavy (non-hydrogen) atoms. The highest BCUT2D eigenvalue weighted by atomic mass is 15.4. The SMILES string of the molecule is CCCNCc1c(CC)nn(Cc2cn(C)nn2)c1CC. The minimum atomic E-state index is 0.692. The standard InChI is InChI=1S/C15H26N6/c1-5-8-16-9-13-14(6-2)18-21(15(13)7-3)11-12-10-20(4)19-17-12/h10,16H,5-9,11H2,1-4H3. The van der Waals surface area contributed by atoms with Gasteiger partial charge < -0.3 is 5.32 Å². The maximum absolute atomic E-state index is 4.78. The van der Waals surface area contributed by atoms with Crippen molar-refractivity contribution in [2.45, 2.75) is 53.1 Å². The van der Waals surface area contributed by atoms with Gasteiger partial charge in [0.1, 0.15) is 5.69 Å². The van der Waals surface area contributed by atoms with Gasteiger partial charge in [-0.1, -0.05) is 26.0 Å². The molecule has 0 saturated carbocycles. The van der Waals surface area contributed by atoms with Crippen LogP contribution in [0.4, 0.5) is 0 Å². The average Bonchev–Trinajstić information content (AvgIpc) is 3.03. The van der Waals surface area contributed by atoms with E-state index in [2.05, 4.69) is 41.1 Å². The lowest BCUT2D eigenvalue weighted by atomic mass is 10.1. The van der Waals surface area contributed by atoms with Gasteiger partial charge in [-0.3, -0.25) is 9.36 Å². The van der Waals surface area contributed by atoms with Crippen LogP contribution in [0.15, 0.2) is 6.20 Å². The van der Waals surface area contributed by atoms with Crippen molar-refractivity contribution in [3.05, 3.63) is 28.8 Å². The highest BCUT2D eigenvalue weighted by Crippen LogP contribution is 2.17. The van der Waals surface area contributed by atoms with Crippen LogP contribution in [-0.4, -0.2) is 31.3 Å². The van der Waals surface area contributed by atoms with Crippen molar-refractivity contribution in [1.82, 2.24) is 30.1 Å². The summed E-state index contributed by atoms with van der Waals surface area (Å²) in [5.74, 6) is 0. The first-order valence-electron chi connectivity index (χ1n) is 7.82. The van der Waals surface area contributed by atoms with Crippen LogP contribution in [0.1, 0.15) is 49.8 Å². The Balaban J connectivity index is 2.24. The van der Waals surface area contributed by atoms with E-state index in [-0.39, 0.29) is 0 Å². The topological polar surface area (TPSA) is 60.6 Å². The number of nitrogens with one attached hydrogen (secondary N) is 1. The molecule has 0 saturated heterocycles. The van der Waals surface area contributed by atoms with Crippen LogP contribution in [0.3, 0.4) is 0 Å². The van der Waals surface area contributed by atoms with Gasteiger partial charge in [0.05, 0.1) is 12.2 Å². The van der Waals surface area contributed by atoms with Crippen molar-refractivity contribution < 1.29 is 0 Å². The first kappa shape index (κ1) is 15.7. The van der Waals surface area contributed by atoms with E-state index in [1.807, 2.05) is 13.2 Å². The first-order chi connectivity index (χ1) is 10.2. The van der Waals surface area contributed by atoms with Crippen molar-refractivity contribution in [3.63, 3.8) is 0 Å². The molecule has 0 bridgehead atoms. The van der Waals surface area contributed by atoms with Gasteiger partial charge in [0.2, 0.25) is 0 Å². The van der Waals surface area contributed by atoms with E-state index in [1.54, 1.807) is 4.68 Å². The lowest BCUT2D eigenvalue weighted by molar-refractivity contribution is 0.623. The molecule has 0 atom stereocenters. The molecule has 0 aliphatic carbocycles. The highest BCUT2D eigenvalue weighted by molar-refractivity contribution is 5.27. The average molecular weight is 290 g/mol. The van der Waals surface area contributed by atoms with E-state index >= 15 is 0 Å². The van der Waals surface area contributed by atoms with Crippen molar-refractivity contribution in [1.29, 1.82) is 0 Å². The summed E-state index contributed by atoms with van der Waals surface area (Å²) < 4.78 is 3.82. The zero-order chi connectivity index (χ0) is 15.2. The van der Waals surface area contributed by atoms with Gasteiger partial charge in [-0.2, -0.15) is 5.10 Å². The molecule has 1 N–H and O–H groups in total. The summed E-state index contributed by atoms with van der Waals surface area (Å²) in [6.45, 7) is 9.18. The minimum absolute atomic E-state index is 0.692. The predicted octanol–water partition coefficient (Wildman–Crippen LogP) is 1.68. The Bertz CT molecular complexity index is 569. The Hall–Kier alpha value is -1.69. The van der Waals surface area contributed by atoms with Crippen molar-refractivity contribution in [2.75, 3.05) is 6.54 Å². The summed E-state index contributed by atoms with van der Waals surface area (Å²) in [6.07, 6.45) is 5.04. The monoisotopic (exact) mass is 290 g/mol. The third-order valence-electron chi connectivity index (χ3n) is 3.61. The molecule has 0 amide bonds. The van der Waals surface area contributed by atoms with Crippen LogP contribution in [0, 0.1) is 0 Å². The van der Waals surface area contributed by atoms with E-state index in [0.717, 1.165) is 38.0 Å². The molecule has 0 fully saturated rings. The summed E-state index contributed by atoms with van der Waals surface area (Å²) in [5.41, 5.74) is 4.81. The van der Waals surface area contributed by atoms with Crippen molar-refractivity contribution in [2.24, 2.45) is 7.05 Å². The molecule has 0 aromatic carbocycles. The van der Waals surface area contributed by atoms with Crippen molar-refractivity contribution in [3.8, 4) is 0 Å². The molecule has 2 aromatic rings. The molecule has 0 unspecified atom stereocenters. The fourth-order valence-electron chi connectivity index (χ4n) is 2.61. The Morgan fingerprint density at radius 3 is 2.57 bits per heavy atom. The molecular weight excluding hydrogens is 264 g/mol. The Morgan fingerprint density at radius 2 is 2.00 bits per heavy atom. The summed E-state index contributed by atoms with van der Waals surface area (Å²) in [4.78, 5) is 0. The predicted molar refractivity (Wildman–Crippen MR) is 83.1 cm³/mol. The molecule has 2 aromatic heterocycles. The van der Waals surface area contributed by atoms with Crippen LogP contribution < -0.4 is 5.32 Å². The number of nitrogens with zero attached hydrogens (tertiary/aromatic N) is 5. The lowest BCUT2D eigenvalue weighted by Gasteiger charge is -2.07. The third-order valence-corrected chi connectivity index (χ3v) is 3.61. The molecule has 0 aliphatic heterocycles. The fraction of sp³-hybridized carbons (Fsp3) is 0.667. The van der Waals surface area contributed by atoms with Crippen LogP contribution in [0.5, 0.6) is 0 Å². The quantitative estimate of drug-likeness (QED) is 0.752. The molecule has 116 valence electrons. The molecule has 6 heteroatoms. The van der Waals surface area contributed by atoms with E-state index in [1.165, 1.54) is 17.0 Å². The summed E-state index contributed by atoms with van der Waals surface area (Å²) in [5, 5.41) is 16.4. The van der Waals surface area contributed by atoms with Crippen LogP contribution >= 0.6 is 0 Å². The van der Waals surface area contributed by atoms with E-state index in [0.29, 0.717) is 6.54 Å². The normalized spacial score (nSPS) is 11.2. The van der Waals surface area contributed by atoms with Gasteiger partial charge in [-0.25, -0.2) is 0 Å². The van der Waals surface area contributed by atoms with E-state index in [4.69, 9.17) is 5.10 Å². The maximum Gasteiger partial charge on any atom is 0.104 e. The Kier molecular flexibility index (Phi) is 5.50. The van der Waals surface area contributed by atoms with Gasteiger partial charge in [-0.15, -0.1) is 5.10 Å².